The van der Waals surface area contributed by atoms with Crippen LogP contribution in [0.25, 0.3) is 16.7 Å². The molecule has 1 aromatic heterocycles. The lowest BCUT2D eigenvalue weighted by atomic mass is 9.92. The minimum atomic E-state index is 0.150. The van der Waals surface area contributed by atoms with Gasteiger partial charge in [0.2, 0.25) is 5.91 Å². The summed E-state index contributed by atoms with van der Waals surface area (Å²) in [7, 11) is 0. The molecule has 1 N–H and O–H groups in total. The van der Waals surface area contributed by atoms with Gasteiger partial charge in [-0.15, -0.1) is 0 Å². The summed E-state index contributed by atoms with van der Waals surface area (Å²) in [4.78, 5) is 20.2. The van der Waals surface area contributed by atoms with Crippen LogP contribution in [0.4, 0.5) is 0 Å². The van der Waals surface area contributed by atoms with Crippen molar-refractivity contribution in [3.8, 4) is 5.69 Å². The monoisotopic (exact) mass is 494 g/mol. The second-order valence-corrected chi connectivity index (χ2v) is 10.1. The Hall–Kier alpha value is -2.18. The number of fused-ring (bicyclic) bond motifs is 1. The molecule has 2 fully saturated rings. The molecular weight excluding hydrogens is 464 g/mol. The third-order valence-electron chi connectivity index (χ3n) is 6.97. The van der Waals surface area contributed by atoms with Gasteiger partial charge in [-0.25, -0.2) is 4.98 Å². The van der Waals surface area contributed by atoms with E-state index in [1.165, 1.54) is 19.3 Å². The van der Waals surface area contributed by atoms with Gasteiger partial charge in [0.1, 0.15) is 5.82 Å². The van der Waals surface area contributed by atoms with Crippen molar-refractivity contribution in [3.05, 3.63) is 58.8 Å². The van der Waals surface area contributed by atoms with E-state index in [-0.39, 0.29) is 11.8 Å². The Morgan fingerprint density at radius 3 is 2.56 bits per heavy atom. The first kappa shape index (κ1) is 21.7. The topological polar surface area (TPSA) is 50.2 Å². The molecule has 5 rings (SSSR count). The molecule has 1 aliphatic heterocycles. The van der Waals surface area contributed by atoms with E-state index in [9.17, 15) is 4.79 Å². The van der Waals surface area contributed by atoms with Crippen molar-refractivity contribution in [1.29, 1.82) is 0 Å². The van der Waals surface area contributed by atoms with E-state index >= 15 is 0 Å². The summed E-state index contributed by atoms with van der Waals surface area (Å²) in [5.74, 6) is 1.48. The highest BCUT2D eigenvalue weighted by Gasteiger charge is 2.28. The lowest BCUT2D eigenvalue weighted by Gasteiger charge is -2.32. The number of carbonyl (C=O) groups is 1. The number of carbonyl (C=O) groups excluding carboxylic acids is 1. The number of piperidine rings is 1. The number of amides is 1. The number of para-hydroxylation sites is 2. The highest BCUT2D eigenvalue weighted by Crippen LogP contribution is 2.26. The van der Waals surface area contributed by atoms with E-state index in [4.69, 9.17) is 4.98 Å². The fourth-order valence-corrected chi connectivity index (χ4v) is 5.59. The summed E-state index contributed by atoms with van der Waals surface area (Å²) in [6.45, 7) is 2.66. The number of imidazole rings is 1. The summed E-state index contributed by atoms with van der Waals surface area (Å²) in [5.41, 5.74) is 3.26. The molecule has 1 saturated heterocycles. The van der Waals surface area contributed by atoms with Gasteiger partial charge in [-0.3, -0.25) is 14.3 Å². The Kier molecular flexibility index (Phi) is 6.60. The molecule has 168 valence electrons. The predicted molar refractivity (Wildman–Crippen MR) is 132 cm³/mol. The predicted octanol–water partition coefficient (Wildman–Crippen LogP) is 5.45. The molecule has 3 aromatic rings. The van der Waals surface area contributed by atoms with Crippen molar-refractivity contribution >= 4 is 32.9 Å². The summed E-state index contributed by atoms with van der Waals surface area (Å²) >= 11 is 3.61. The minimum Gasteiger partial charge on any atom is -0.353 e. The van der Waals surface area contributed by atoms with Crippen molar-refractivity contribution in [2.24, 2.45) is 5.92 Å². The van der Waals surface area contributed by atoms with Gasteiger partial charge in [-0.2, -0.15) is 0 Å². The molecule has 1 amide bonds. The van der Waals surface area contributed by atoms with Crippen molar-refractivity contribution < 1.29 is 4.79 Å². The third-order valence-corrected chi connectivity index (χ3v) is 7.46. The van der Waals surface area contributed by atoms with Gasteiger partial charge in [0, 0.05) is 22.1 Å². The largest absolute Gasteiger partial charge is 0.353 e. The van der Waals surface area contributed by atoms with Crippen molar-refractivity contribution in [2.75, 3.05) is 13.1 Å². The quantitative estimate of drug-likeness (QED) is 0.512. The fraction of sp³-hybridized carbons (Fsp3) is 0.462. The van der Waals surface area contributed by atoms with E-state index in [1.807, 2.05) is 12.1 Å². The normalized spacial score (nSPS) is 18.8. The number of rotatable bonds is 5. The maximum atomic E-state index is 12.8. The van der Waals surface area contributed by atoms with Gasteiger partial charge >= 0.3 is 0 Å². The average molecular weight is 495 g/mol. The van der Waals surface area contributed by atoms with E-state index in [1.54, 1.807) is 0 Å². The second-order valence-electron chi connectivity index (χ2n) is 9.23. The number of benzene rings is 2. The molecular formula is C26H31BrN4O. The van der Waals surface area contributed by atoms with Gasteiger partial charge in [0.25, 0.3) is 0 Å². The number of hydrogen-bond acceptors (Lipinski definition) is 3. The molecule has 2 aromatic carbocycles. The molecule has 1 aliphatic carbocycles. The first-order valence-electron chi connectivity index (χ1n) is 11.9. The van der Waals surface area contributed by atoms with Crippen molar-refractivity contribution in [3.63, 3.8) is 0 Å². The molecule has 0 spiro atoms. The third kappa shape index (κ3) is 4.76. The summed E-state index contributed by atoms with van der Waals surface area (Å²) in [5, 5.41) is 3.33. The minimum absolute atomic E-state index is 0.150. The van der Waals surface area contributed by atoms with Crippen LogP contribution in [0.1, 0.15) is 50.8 Å². The molecule has 0 atom stereocenters. The van der Waals surface area contributed by atoms with Crippen LogP contribution in [-0.2, 0) is 11.3 Å². The number of halogens is 1. The van der Waals surface area contributed by atoms with E-state index in [0.29, 0.717) is 6.04 Å². The van der Waals surface area contributed by atoms with Crippen LogP contribution in [0.15, 0.2) is 53.0 Å². The zero-order chi connectivity index (χ0) is 21.9. The number of nitrogens with one attached hydrogen (secondary N) is 1. The molecule has 2 heterocycles. The zero-order valence-electron chi connectivity index (χ0n) is 18.5. The number of aromatic nitrogens is 2. The first-order valence-corrected chi connectivity index (χ1v) is 12.7. The van der Waals surface area contributed by atoms with Crippen LogP contribution < -0.4 is 5.32 Å². The maximum absolute atomic E-state index is 12.8. The molecule has 5 nitrogen and oxygen atoms in total. The van der Waals surface area contributed by atoms with Crippen molar-refractivity contribution in [1.82, 2.24) is 19.8 Å². The van der Waals surface area contributed by atoms with Gasteiger partial charge in [0.15, 0.2) is 0 Å². The van der Waals surface area contributed by atoms with Gasteiger partial charge in [-0.1, -0.05) is 53.4 Å². The number of likely N-dealkylation sites (tertiary alicyclic amines) is 1. The first-order chi connectivity index (χ1) is 15.7. The Bertz CT molecular complexity index is 1080. The zero-order valence-corrected chi connectivity index (χ0v) is 20.1. The molecule has 0 radical (unpaired) electrons. The SMILES string of the molecule is O=C(NC1CCCCC1)C1CCN(Cc2nc3ccccc3n2-c2cccc(Br)c2)CC1. The van der Waals surface area contributed by atoms with Gasteiger partial charge in [0.05, 0.1) is 17.6 Å². The standard InChI is InChI=1S/C26H31BrN4O/c27-20-7-6-10-22(17-20)31-24-12-5-4-11-23(24)29-25(31)18-30-15-13-19(14-16-30)26(32)28-21-8-2-1-3-9-21/h4-7,10-12,17,19,21H,1-3,8-9,13-16,18H2,(H,28,32). The summed E-state index contributed by atoms with van der Waals surface area (Å²) in [6, 6.07) is 17.1. The molecule has 0 bridgehead atoms. The van der Waals surface area contributed by atoms with E-state index in [0.717, 1.165) is 72.3 Å². The highest BCUT2D eigenvalue weighted by molar-refractivity contribution is 9.10. The van der Waals surface area contributed by atoms with Crippen LogP contribution in [0.5, 0.6) is 0 Å². The maximum Gasteiger partial charge on any atom is 0.223 e. The molecule has 32 heavy (non-hydrogen) atoms. The Labute approximate surface area is 198 Å². The Balaban J connectivity index is 1.28. The lowest BCUT2D eigenvalue weighted by molar-refractivity contribution is -0.127. The number of hydrogen-bond donors (Lipinski definition) is 1. The van der Waals surface area contributed by atoms with E-state index < -0.39 is 0 Å². The smallest absolute Gasteiger partial charge is 0.223 e. The fourth-order valence-electron chi connectivity index (χ4n) is 5.20. The second kappa shape index (κ2) is 9.75. The molecule has 1 saturated carbocycles. The summed E-state index contributed by atoms with van der Waals surface area (Å²) < 4.78 is 3.32. The lowest BCUT2D eigenvalue weighted by Crippen LogP contribution is -2.44. The van der Waals surface area contributed by atoms with Crippen LogP contribution in [-0.4, -0.2) is 39.5 Å². The van der Waals surface area contributed by atoms with Crippen LogP contribution in [0.3, 0.4) is 0 Å². The average Bonchev–Trinajstić information content (AvgIpc) is 3.18. The van der Waals surface area contributed by atoms with Crippen LogP contribution in [0.2, 0.25) is 0 Å². The van der Waals surface area contributed by atoms with Crippen LogP contribution >= 0.6 is 15.9 Å². The van der Waals surface area contributed by atoms with Gasteiger partial charge in [-0.05, 0) is 69.1 Å². The van der Waals surface area contributed by atoms with Crippen LogP contribution in [0, 0.1) is 5.92 Å². The number of nitrogens with zero attached hydrogens (tertiary/aromatic N) is 3. The van der Waals surface area contributed by atoms with Crippen molar-refractivity contribution in [2.45, 2.75) is 57.5 Å². The Morgan fingerprint density at radius 1 is 1.00 bits per heavy atom. The molecule has 0 unspecified atom stereocenters. The van der Waals surface area contributed by atoms with E-state index in [2.05, 4.69) is 67.1 Å². The summed E-state index contributed by atoms with van der Waals surface area (Å²) in [6.07, 6.45) is 7.97. The van der Waals surface area contributed by atoms with Gasteiger partial charge < -0.3 is 5.32 Å². The Morgan fingerprint density at radius 2 is 1.78 bits per heavy atom. The molecule has 2 aliphatic rings. The molecule has 6 heteroatoms. The highest BCUT2D eigenvalue weighted by atomic mass is 79.9.